The highest BCUT2D eigenvalue weighted by atomic mass is 32.2. The highest BCUT2D eigenvalue weighted by molar-refractivity contribution is 7.92. The number of carboxylic acids is 1. The summed E-state index contributed by atoms with van der Waals surface area (Å²) in [5.74, 6) is -3.18. The molecule has 1 rings (SSSR count). The second-order valence-electron chi connectivity index (χ2n) is 4.53. The zero-order valence-electron chi connectivity index (χ0n) is 11.0. The Balaban J connectivity index is 2.75. The lowest BCUT2D eigenvalue weighted by atomic mass is 10.1. The van der Waals surface area contributed by atoms with Gasteiger partial charge in [0.25, 0.3) is 0 Å². The number of amides is 1. The number of nitrogens with one attached hydrogen (secondary N) is 1. The molecule has 20 heavy (non-hydrogen) atoms. The first kappa shape index (κ1) is 16.4. The first-order valence-corrected chi connectivity index (χ1v) is 7.81. The average Bonchev–Trinajstić information content (AvgIpc) is 2.36. The number of hydrogen-bond acceptors (Lipinski definition) is 6. The van der Waals surface area contributed by atoms with Gasteiger partial charge in [0, 0.05) is 0 Å². The van der Waals surface area contributed by atoms with E-state index in [1.54, 1.807) is 0 Å². The number of carbonyl (C=O) groups excluding carboxylic acids is 2. The molecule has 1 heterocycles. The number of sulfone groups is 1. The molecule has 1 unspecified atom stereocenters. The Labute approximate surface area is 116 Å². The van der Waals surface area contributed by atoms with Crippen molar-refractivity contribution in [1.29, 1.82) is 0 Å². The first-order valence-electron chi connectivity index (χ1n) is 6.09. The molecule has 1 fully saturated rings. The summed E-state index contributed by atoms with van der Waals surface area (Å²) in [7, 11) is -2.46. The second kappa shape index (κ2) is 6.69. The standard InChI is InChI=1S/C11H17NO7S/c1-19-9(13)6-7(11(15)16)12-10(14)8-4-2-3-5-20(8,17)18/h7-8H,2-6H2,1H3,(H,12,14)(H,15,16)/t7-,8?/m0/s1. The van der Waals surface area contributed by atoms with Crippen LogP contribution in [0.15, 0.2) is 0 Å². The Kier molecular flexibility index (Phi) is 5.49. The van der Waals surface area contributed by atoms with Gasteiger partial charge in [0.15, 0.2) is 9.84 Å². The van der Waals surface area contributed by atoms with Crippen LogP contribution in [0, 0.1) is 0 Å². The van der Waals surface area contributed by atoms with Crippen molar-refractivity contribution in [3.05, 3.63) is 0 Å². The van der Waals surface area contributed by atoms with Gasteiger partial charge in [0.05, 0.1) is 19.3 Å². The van der Waals surface area contributed by atoms with Gasteiger partial charge >= 0.3 is 11.9 Å². The number of rotatable bonds is 5. The molecule has 114 valence electrons. The van der Waals surface area contributed by atoms with Crippen LogP contribution in [-0.4, -0.2) is 55.5 Å². The van der Waals surface area contributed by atoms with Crippen LogP contribution in [0.3, 0.4) is 0 Å². The van der Waals surface area contributed by atoms with E-state index in [4.69, 9.17) is 5.11 Å². The number of aliphatic carboxylic acids is 1. The SMILES string of the molecule is COC(=O)C[C@H](NC(=O)C1CCCCS1(=O)=O)C(=O)O. The normalized spacial score (nSPS) is 22.6. The number of ether oxygens (including phenoxy) is 1. The molecular formula is C11H17NO7S. The van der Waals surface area contributed by atoms with Crippen LogP contribution in [0.1, 0.15) is 25.7 Å². The van der Waals surface area contributed by atoms with Gasteiger partial charge in [-0.15, -0.1) is 0 Å². The summed E-state index contributed by atoms with van der Waals surface area (Å²) >= 11 is 0. The van der Waals surface area contributed by atoms with Gasteiger partial charge in [-0.1, -0.05) is 6.42 Å². The van der Waals surface area contributed by atoms with Crippen LogP contribution in [0.4, 0.5) is 0 Å². The second-order valence-corrected chi connectivity index (χ2v) is 6.83. The molecule has 1 saturated heterocycles. The third-order valence-corrected chi connectivity index (χ3v) is 5.26. The molecule has 8 nitrogen and oxygen atoms in total. The Morgan fingerprint density at radius 1 is 1.35 bits per heavy atom. The third kappa shape index (κ3) is 4.19. The van der Waals surface area contributed by atoms with E-state index in [2.05, 4.69) is 10.1 Å². The molecule has 1 aliphatic rings. The van der Waals surface area contributed by atoms with Crippen molar-refractivity contribution in [2.75, 3.05) is 12.9 Å². The van der Waals surface area contributed by atoms with Crippen molar-refractivity contribution in [3.63, 3.8) is 0 Å². The van der Waals surface area contributed by atoms with Gasteiger partial charge in [-0.2, -0.15) is 0 Å². The highest BCUT2D eigenvalue weighted by Crippen LogP contribution is 2.19. The predicted octanol–water partition coefficient (Wildman–Crippen LogP) is -0.914. The number of hydrogen-bond donors (Lipinski definition) is 2. The highest BCUT2D eigenvalue weighted by Gasteiger charge is 2.37. The molecule has 0 aromatic rings. The summed E-state index contributed by atoms with van der Waals surface area (Å²) in [5.41, 5.74) is 0. The number of methoxy groups -OCH3 is 1. The molecule has 0 bridgehead atoms. The van der Waals surface area contributed by atoms with E-state index in [9.17, 15) is 22.8 Å². The molecule has 0 aromatic carbocycles. The fourth-order valence-corrected chi connectivity index (χ4v) is 3.77. The minimum Gasteiger partial charge on any atom is -0.480 e. The molecule has 0 saturated carbocycles. The maximum Gasteiger partial charge on any atom is 0.326 e. The Hall–Kier alpha value is -1.64. The van der Waals surface area contributed by atoms with E-state index < -0.39 is 45.4 Å². The van der Waals surface area contributed by atoms with Crippen molar-refractivity contribution in [1.82, 2.24) is 5.32 Å². The largest absolute Gasteiger partial charge is 0.480 e. The van der Waals surface area contributed by atoms with E-state index in [-0.39, 0.29) is 12.2 Å². The van der Waals surface area contributed by atoms with Gasteiger partial charge < -0.3 is 15.2 Å². The number of esters is 1. The number of carboxylic acid groups (broad SMARTS) is 1. The summed E-state index contributed by atoms with van der Waals surface area (Å²) in [6.07, 6.45) is 0.700. The average molecular weight is 307 g/mol. The molecule has 9 heteroatoms. The maximum atomic E-state index is 11.9. The van der Waals surface area contributed by atoms with Crippen LogP contribution in [0.5, 0.6) is 0 Å². The zero-order valence-corrected chi connectivity index (χ0v) is 11.8. The van der Waals surface area contributed by atoms with Gasteiger partial charge in [-0.05, 0) is 12.8 Å². The molecule has 0 radical (unpaired) electrons. The fourth-order valence-electron chi connectivity index (χ4n) is 1.96. The molecule has 1 aliphatic heterocycles. The predicted molar refractivity (Wildman–Crippen MR) is 67.6 cm³/mol. The van der Waals surface area contributed by atoms with E-state index in [1.807, 2.05) is 0 Å². The van der Waals surface area contributed by atoms with Crippen LogP contribution in [0.25, 0.3) is 0 Å². The van der Waals surface area contributed by atoms with E-state index >= 15 is 0 Å². The Bertz CT molecular complexity index is 499. The van der Waals surface area contributed by atoms with E-state index in [0.29, 0.717) is 12.8 Å². The molecule has 0 spiro atoms. The van der Waals surface area contributed by atoms with Crippen molar-refractivity contribution >= 4 is 27.7 Å². The quantitative estimate of drug-likeness (QED) is 0.629. The zero-order chi connectivity index (χ0) is 15.3. The minimum atomic E-state index is -3.55. The van der Waals surface area contributed by atoms with Gasteiger partial charge in [0.1, 0.15) is 11.3 Å². The van der Waals surface area contributed by atoms with Crippen LogP contribution < -0.4 is 5.32 Å². The smallest absolute Gasteiger partial charge is 0.326 e. The first-order chi connectivity index (χ1) is 9.27. The van der Waals surface area contributed by atoms with Gasteiger partial charge in [-0.3, -0.25) is 9.59 Å². The summed E-state index contributed by atoms with van der Waals surface area (Å²) in [6.45, 7) is 0. The van der Waals surface area contributed by atoms with Crippen molar-refractivity contribution in [2.45, 2.75) is 37.0 Å². The topological polar surface area (TPSA) is 127 Å². The maximum absolute atomic E-state index is 11.9. The van der Waals surface area contributed by atoms with Gasteiger partial charge in [-0.25, -0.2) is 13.2 Å². The Morgan fingerprint density at radius 2 is 2.00 bits per heavy atom. The third-order valence-electron chi connectivity index (χ3n) is 3.08. The minimum absolute atomic E-state index is 0.0835. The van der Waals surface area contributed by atoms with Gasteiger partial charge in [0.2, 0.25) is 5.91 Å². The number of carbonyl (C=O) groups is 3. The van der Waals surface area contributed by atoms with Crippen LogP contribution in [-0.2, 0) is 29.0 Å². The molecular weight excluding hydrogens is 290 g/mol. The summed E-state index contributed by atoms with van der Waals surface area (Å²) in [6, 6.07) is -1.49. The van der Waals surface area contributed by atoms with Crippen molar-refractivity contribution in [3.8, 4) is 0 Å². The molecule has 0 aliphatic carbocycles. The van der Waals surface area contributed by atoms with E-state index in [1.165, 1.54) is 0 Å². The molecule has 0 aromatic heterocycles. The van der Waals surface area contributed by atoms with E-state index in [0.717, 1.165) is 7.11 Å². The monoisotopic (exact) mass is 307 g/mol. The molecule has 1 amide bonds. The summed E-state index contributed by atoms with van der Waals surface area (Å²) in [4.78, 5) is 33.9. The molecule has 2 N–H and O–H groups in total. The fraction of sp³-hybridized carbons (Fsp3) is 0.727. The van der Waals surface area contributed by atoms with Crippen molar-refractivity contribution < 1.29 is 32.6 Å². The lowest BCUT2D eigenvalue weighted by Gasteiger charge is -2.23. The lowest BCUT2D eigenvalue weighted by Crippen LogP contribution is -2.50. The van der Waals surface area contributed by atoms with Crippen LogP contribution in [0.2, 0.25) is 0 Å². The summed E-state index contributed by atoms with van der Waals surface area (Å²) in [5, 5.41) is 9.77. The summed E-state index contributed by atoms with van der Waals surface area (Å²) < 4.78 is 27.8. The van der Waals surface area contributed by atoms with Crippen LogP contribution >= 0.6 is 0 Å². The Morgan fingerprint density at radius 3 is 2.50 bits per heavy atom. The lowest BCUT2D eigenvalue weighted by molar-refractivity contribution is -0.148. The molecule has 2 atom stereocenters. The van der Waals surface area contributed by atoms with Crippen molar-refractivity contribution in [2.24, 2.45) is 0 Å².